The largest absolute Gasteiger partial charge is 0.417 e. The Hall–Kier alpha value is -3.02. The second kappa shape index (κ2) is 7.43. The molecule has 3 aromatic rings. The van der Waals surface area contributed by atoms with Crippen LogP contribution in [0.2, 0.25) is 0 Å². The Morgan fingerprint density at radius 3 is 2.52 bits per heavy atom. The molecule has 3 rings (SSSR count). The van der Waals surface area contributed by atoms with Crippen LogP contribution in [-0.4, -0.2) is 30.8 Å². The zero-order valence-electron chi connectivity index (χ0n) is 15.6. The average Bonchev–Trinajstić information content (AvgIpc) is 3.07. The molecular formula is C17H16F3N5O3S. The molecule has 0 spiro atoms. The summed E-state index contributed by atoms with van der Waals surface area (Å²) in [6, 6.07) is 3.51. The van der Waals surface area contributed by atoms with Crippen LogP contribution in [0.4, 0.5) is 18.9 Å². The van der Waals surface area contributed by atoms with Gasteiger partial charge in [-0.15, -0.1) is 11.8 Å². The molecule has 1 amide bonds. The lowest BCUT2D eigenvalue weighted by Crippen LogP contribution is -2.37. The lowest BCUT2D eigenvalue weighted by atomic mass is 10.2. The predicted molar refractivity (Wildman–Crippen MR) is 102 cm³/mol. The Labute approximate surface area is 166 Å². The molecule has 0 saturated heterocycles. The van der Waals surface area contributed by atoms with E-state index < -0.39 is 28.9 Å². The van der Waals surface area contributed by atoms with Crippen molar-refractivity contribution in [3.05, 3.63) is 50.9 Å². The smallest absolute Gasteiger partial charge is 0.325 e. The summed E-state index contributed by atoms with van der Waals surface area (Å²) in [5, 5.41) is 2.39. The number of imidazole rings is 1. The zero-order chi connectivity index (χ0) is 21.5. The minimum atomic E-state index is -4.56. The van der Waals surface area contributed by atoms with Crippen molar-refractivity contribution in [1.29, 1.82) is 0 Å². The summed E-state index contributed by atoms with van der Waals surface area (Å²) in [6.07, 6.45) is -1.81. The molecule has 8 nitrogen and oxygen atoms in total. The van der Waals surface area contributed by atoms with Gasteiger partial charge in [0.25, 0.3) is 5.56 Å². The fourth-order valence-corrected chi connectivity index (χ4v) is 3.48. The molecule has 0 saturated carbocycles. The zero-order valence-corrected chi connectivity index (χ0v) is 16.4. The summed E-state index contributed by atoms with van der Waals surface area (Å²) in [6.45, 7) is -0.366. The third kappa shape index (κ3) is 3.79. The number of benzene rings is 1. The van der Waals surface area contributed by atoms with Gasteiger partial charge in [-0.1, -0.05) is 0 Å². The van der Waals surface area contributed by atoms with E-state index in [1.54, 1.807) is 0 Å². The fraction of sp³-hybridized carbons (Fsp3) is 0.294. The number of hydrogen-bond acceptors (Lipinski definition) is 5. The highest BCUT2D eigenvalue weighted by Gasteiger charge is 2.33. The van der Waals surface area contributed by atoms with Crippen molar-refractivity contribution < 1.29 is 18.0 Å². The summed E-state index contributed by atoms with van der Waals surface area (Å²) in [7, 11) is 2.74. The number of thioether (sulfide) groups is 1. The molecule has 0 atom stereocenters. The van der Waals surface area contributed by atoms with E-state index in [9.17, 15) is 27.6 Å². The van der Waals surface area contributed by atoms with Gasteiger partial charge in [-0.2, -0.15) is 13.2 Å². The molecule has 29 heavy (non-hydrogen) atoms. The van der Waals surface area contributed by atoms with Crippen LogP contribution in [-0.2, 0) is 31.6 Å². The molecule has 0 radical (unpaired) electrons. The van der Waals surface area contributed by atoms with Crippen LogP contribution in [0.15, 0.2) is 39.0 Å². The second-order valence-corrected chi connectivity index (χ2v) is 7.06. The number of carbonyl (C=O) groups is 1. The molecule has 0 bridgehead atoms. The van der Waals surface area contributed by atoms with Crippen molar-refractivity contribution in [2.75, 3.05) is 11.6 Å². The Kier molecular flexibility index (Phi) is 5.30. The first-order valence-corrected chi connectivity index (χ1v) is 9.43. The van der Waals surface area contributed by atoms with E-state index in [4.69, 9.17) is 0 Å². The number of aryl methyl sites for hydroxylation is 1. The standard InChI is InChI=1S/C17H16F3N5O3S/c1-23-14-13(15(27)24(2)16(23)28)25(8-21-14)7-12(26)22-9-4-5-11(29-3)10(6-9)17(18,19)20/h4-6,8H,7H2,1-3H3,(H,22,26). The van der Waals surface area contributed by atoms with Crippen LogP contribution in [0.5, 0.6) is 0 Å². The topological polar surface area (TPSA) is 90.9 Å². The van der Waals surface area contributed by atoms with Gasteiger partial charge in [0.2, 0.25) is 5.91 Å². The third-order valence-corrected chi connectivity index (χ3v) is 5.12. The van der Waals surface area contributed by atoms with E-state index >= 15 is 0 Å². The van der Waals surface area contributed by atoms with Crippen molar-refractivity contribution in [3.8, 4) is 0 Å². The minimum absolute atomic E-state index is 0.0233. The van der Waals surface area contributed by atoms with E-state index in [1.165, 1.54) is 47.9 Å². The van der Waals surface area contributed by atoms with Gasteiger partial charge in [0.05, 0.1) is 11.9 Å². The van der Waals surface area contributed by atoms with Gasteiger partial charge in [-0.3, -0.25) is 18.7 Å². The van der Waals surface area contributed by atoms with Crippen molar-refractivity contribution in [1.82, 2.24) is 18.7 Å². The number of fused-ring (bicyclic) bond motifs is 1. The normalized spacial score (nSPS) is 11.8. The van der Waals surface area contributed by atoms with E-state index in [1.807, 2.05) is 0 Å². The summed E-state index contributed by atoms with van der Waals surface area (Å²) < 4.78 is 42.8. The number of anilines is 1. The lowest BCUT2D eigenvalue weighted by Gasteiger charge is -2.14. The Bertz CT molecular complexity index is 1230. The van der Waals surface area contributed by atoms with Gasteiger partial charge >= 0.3 is 11.9 Å². The summed E-state index contributed by atoms with van der Waals surface area (Å²) in [5.41, 5.74) is -1.92. The average molecular weight is 427 g/mol. The number of carbonyl (C=O) groups excluding carboxylic acids is 1. The third-order valence-electron chi connectivity index (χ3n) is 4.32. The molecule has 12 heteroatoms. The Balaban J connectivity index is 1.91. The molecule has 2 aromatic heterocycles. The van der Waals surface area contributed by atoms with Crippen LogP contribution in [0.3, 0.4) is 0 Å². The van der Waals surface area contributed by atoms with Crippen LogP contribution in [0.1, 0.15) is 5.56 Å². The van der Waals surface area contributed by atoms with Gasteiger partial charge < -0.3 is 9.88 Å². The summed E-state index contributed by atoms with van der Waals surface area (Å²) >= 11 is 0.951. The quantitative estimate of drug-likeness (QED) is 0.642. The molecule has 0 aliphatic heterocycles. The summed E-state index contributed by atoms with van der Waals surface area (Å²) in [5.74, 6) is -0.648. The maximum Gasteiger partial charge on any atom is 0.417 e. The molecule has 0 unspecified atom stereocenters. The van der Waals surface area contributed by atoms with Crippen LogP contribution < -0.4 is 16.6 Å². The van der Waals surface area contributed by atoms with Gasteiger partial charge in [0.15, 0.2) is 11.2 Å². The Morgan fingerprint density at radius 2 is 1.90 bits per heavy atom. The van der Waals surface area contributed by atoms with Gasteiger partial charge in [0, 0.05) is 24.7 Å². The molecule has 1 N–H and O–H groups in total. The van der Waals surface area contributed by atoms with Gasteiger partial charge in [-0.05, 0) is 24.5 Å². The first-order chi connectivity index (χ1) is 13.5. The number of alkyl halides is 3. The first-order valence-electron chi connectivity index (χ1n) is 8.20. The highest BCUT2D eigenvalue weighted by molar-refractivity contribution is 7.98. The first kappa shape index (κ1) is 20.7. The van der Waals surface area contributed by atoms with Gasteiger partial charge in [-0.25, -0.2) is 9.78 Å². The fourth-order valence-electron chi connectivity index (χ4n) is 2.88. The number of rotatable bonds is 4. The molecule has 0 aliphatic carbocycles. The molecule has 0 aliphatic rings. The lowest BCUT2D eigenvalue weighted by molar-refractivity contribution is -0.139. The molecule has 154 valence electrons. The number of nitrogens with one attached hydrogen (secondary N) is 1. The van der Waals surface area contributed by atoms with E-state index in [-0.39, 0.29) is 28.3 Å². The predicted octanol–water partition coefficient (Wildman–Crippen LogP) is 1.81. The van der Waals surface area contributed by atoms with E-state index in [0.29, 0.717) is 0 Å². The van der Waals surface area contributed by atoms with E-state index in [0.717, 1.165) is 22.4 Å². The second-order valence-electron chi connectivity index (χ2n) is 6.21. The molecule has 1 aromatic carbocycles. The van der Waals surface area contributed by atoms with E-state index in [2.05, 4.69) is 10.3 Å². The maximum absolute atomic E-state index is 13.2. The number of halogens is 3. The number of hydrogen-bond donors (Lipinski definition) is 1. The number of amides is 1. The van der Waals surface area contributed by atoms with Gasteiger partial charge in [0.1, 0.15) is 6.54 Å². The molecule has 0 fully saturated rings. The monoisotopic (exact) mass is 427 g/mol. The molecule has 2 heterocycles. The number of aromatic nitrogens is 4. The van der Waals surface area contributed by atoms with Crippen LogP contribution in [0, 0.1) is 0 Å². The van der Waals surface area contributed by atoms with Crippen molar-refractivity contribution in [2.24, 2.45) is 14.1 Å². The summed E-state index contributed by atoms with van der Waals surface area (Å²) in [4.78, 5) is 40.7. The maximum atomic E-state index is 13.2. The van der Waals surface area contributed by atoms with Crippen molar-refractivity contribution >= 4 is 34.5 Å². The minimum Gasteiger partial charge on any atom is -0.325 e. The molecular weight excluding hydrogens is 411 g/mol. The van der Waals surface area contributed by atoms with Crippen LogP contribution >= 0.6 is 11.8 Å². The van der Waals surface area contributed by atoms with Crippen molar-refractivity contribution in [3.63, 3.8) is 0 Å². The Morgan fingerprint density at radius 1 is 1.21 bits per heavy atom. The number of nitrogens with zero attached hydrogens (tertiary/aromatic N) is 4. The van der Waals surface area contributed by atoms with Crippen LogP contribution in [0.25, 0.3) is 11.2 Å². The SMILES string of the molecule is CSc1ccc(NC(=O)Cn2cnc3c2c(=O)n(C)c(=O)n3C)cc1C(F)(F)F. The highest BCUT2D eigenvalue weighted by Crippen LogP contribution is 2.37. The highest BCUT2D eigenvalue weighted by atomic mass is 32.2. The van der Waals surface area contributed by atoms with Crippen molar-refractivity contribution in [2.45, 2.75) is 17.6 Å².